The summed E-state index contributed by atoms with van der Waals surface area (Å²) in [6, 6.07) is 0. The van der Waals surface area contributed by atoms with Crippen molar-refractivity contribution < 1.29 is 0 Å². The summed E-state index contributed by atoms with van der Waals surface area (Å²) in [5, 5.41) is 6.68. The number of hydrazone groups is 1. The van der Waals surface area contributed by atoms with E-state index in [1.165, 1.54) is 18.6 Å². The SMILES string of the molecule is CCC(C)C1=NN(CC)CC1. The minimum absolute atomic E-state index is 0.687. The van der Waals surface area contributed by atoms with Gasteiger partial charge in [-0.25, -0.2) is 0 Å². The number of hydrogen-bond acceptors (Lipinski definition) is 2. The second-order valence-corrected chi connectivity index (χ2v) is 3.20. The Morgan fingerprint density at radius 1 is 1.55 bits per heavy atom. The maximum absolute atomic E-state index is 4.53. The van der Waals surface area contributed by atoms with Crippen molar-refractivity contribution in [1.29, 1.82) is 0 Å². The molecule has 0 fully saturated rings. The fourth-order valence-corrected chi connectivity index (χ4v) is 1.33. The van der Waals surface area contributed by atoms with E-state index in [-0.39, 0.29) is 0 Å². The molecule has 0 saturated carbocycles. The highest BCUT2D eigenvalue weighted by Crippen LogP contribution is 2.14. The van der Waals surface area contributed by atoms with Gasteiger partial charge in [-0.1, -0.05) is 13.8 Å². The molecule has 64 valence electrons. The van der Waals surface area contributed by atoms with E-state index >= 15 is 0 Å². The average Bonchev–Trinajstić information content (AvgIpc) is 2.50. The first-order valence-electron chi connectivity index (χ1n) is 4.60. The Morgan fingerprint density at radius 2 is 2.27 bits per heavy atom. The van der Waals surface area contributed by atoms with Gasteiger partial charge in [-0.15, -0.1) is 0 Å². The third-order valence-electron chi connectivity index (χ3n) is 2.44. The summed E-state index contributed by atoms with van der Waals surface area (Å²) in [6.07, 6.45) is 2.40. The van der Waals surface area contributed by atoms with Gasteiger partial charge in [-0.05, 0) is 19.3 Å². The summed E-state index contributed by atoms with van der Waals surface area (Å²) < 4.78 is 0. The normalized spacial score (nSPS) is 20.3. The predicted molar refractivity (Wildman–Crippen MR) is 48.8 cm³/mol. The van der Waals surface area contributed by atoms with Crippen LogP contribution in [0.4, 0.5) is 0 Å². The van der Waals surface area contributed by atoms with E-state index in [9.17, 15) is 0 Å². The summed E-state index contributed by atoms with van der Waals surface area (Å²) >= 11 is 0. The zero-order valence-electron chi connectivity index (χ0n) is 7.80. The summed E-state index contributed by atoms with van der Waals surface area (Å²) in [5.41, 5.74) is 1.40. The van der Waals surface area contributed by atoms with Crippen LogP contribution in [0.3, 0.4) is 0 Å². The smallest absolute Gasteiger partial charge is 0.0427 e. The van der Waals surface area contributed by atoms with E-state index in [4.69, 9.17) is 0 Å². The molecule has 2 heteroatoms. The summed E-state index contributed by atoms with van der Waals surface area (Å²) in [4.78, 5) is 0. The average molecular weight is 154 g/mol. The molecule has 0 bridgehead atoms. The Labute approximate surface area is 69.3 Å². The van der Waals surface area contributed by atoms with Crippen LogP contribution in [0.2, 0.25) is 0 Å². The van der Waals surface area contributed by atoms with Crippen molar-refractivity contribution in [3.63, 3.8) is 0 Å². The van der Waals surface area contributed by atoms with Gasteiger partial charge in [0.1, 0.15) is 0 Å². The van der Waals surface area contributed by atoms with E-state index in [0.717, 1.165) is 13.1 Å². The molecule has 1 aliphatic rings. The number of hydrogen-bond donors (Lipinski definition) is 0. The van der Waals surface area contributed by atoms with Crippen LogP contribution in [0, 0.1) is 5.92 Å². The molecule has 1 atom stereocenters. The Morgan fingerprint density at radius 3 is 2.73 bits per heavy atom. The van der Waals surface area contributed by atoms with Gasteiger partial charge >= 0.3 is 0 Å². The molecule has 1 rings (SSSR count). The molecular weight excluding hydrogens is 136 g/mol. The Balaban J connectivity index is 2.47. The van der Waals surface area contributed by atoms with Crippen LogP contribution in [0.15, 0.2) is 5.10 Å². The molecule has 0 aliphatic carbocycles. The topological polar surface area (TPSA) is 15.6 Å². The molecule has 11 heavy (non-hydrogen) atoms. The fraction of sp³-hybridized carbons (Fsp3) is 0.889. The monoisotopic (exact) mass is 154 g/mol. The summed E-state index contributed by atoms with van der Waals surface area (Å²) in [6.45, 7) is 8.83. The first-order valence-corrected chi connectivity index (χ1v) is 4.60. The molecule has 0 aromatic heterocycles. The standard InChI is InChI=1S/C9H18N2/c1-4-8(3)9-6-7-11(5-2)10-9/h8H,4-7H2,1-3H3. The van der Waals surface area contributed by atoms with Crippen molar-refractivity contribution >= 4 is 5.71 Å². The zero-order valence-corrected chi connectivity index (χ0v) is 7.80. The van der Waals surface area contributed by atoms with Crippen molar-refractivity contribution in [2.45, 2.75) is 33.6 Å². The largest absolute Gasteiger partial charge is 0.297 e. The van der Waals surface area contributed by atoms with Gasteiger partial charge in [0.05, 0.1) is 0 Å². The molecular formula is C9H18N2. The lowest BCUT2D eigenvalue weighted by molar-refractivity contribution is 0.336. The van der Waals surface area contributed by atoms with E-state index in [1.807, 2.05) is 0 Å². The van der Waals surface area contributed by atoms with Crippen LogP contribution in [-0.2, 0) is 0 Å². The molecule has 0 saturated heterocycles. The highest BCUT2D eigenvalue weighted by Gasteiger charge is 2.16. The third-order valence-corrected chi connectivity index (χ3v) is 2.44. The molecule has 0 amide bonds. The van der Waals surface area contributed by atoms with Crippen LogP contribution in [0.25, 0.3) is 0 Å². The van der Waals surface area contributed by atoms with Crippen molar-refractivity contribution in [2.75, 3.05) is 13.1 Å². The molecule has 0 N–H and O–H groups in total. The molecule has 0 aromatic carbocycles. The van der Waals surface area contributed by atoms with Gasteiger partial charge in [0.25, 0.3) is 0 Å². The predicted octanol–water partition coefficient (Wildman–Crippen LogP) is 2.11. The van der Waals surface area contributed by atoms with Crippen LogP contribution in [0.1, 0.15) is 33.6 Å². The minimum Gasteiger partial charge on any atom is -0.297 e. The molecule has 0 spiro atoms. The Bertz CT molecular complexity index is 152. The van der Waals surface area contributed by atoms with E-state index < -0.39 is 0 Å². The van der Waals surface area contributed by atoms with Gasteiger partial charge in [0.15, 0.2) is 0 Å². The van der Waals surface area contributed by atoms with Crippen LogP contribution < -0.4 is 0 Å². The van der Waals surface area contributed by atoms with E-state index in [1.54, 1.807) is 0 Å². The van der Waals surface area contributed by atoms with E-state index in [0.29, 0.717) is 5.92 Å². The highest BCUT2D eigenvalue weighted by atomic mass is 15.5. The lowest BCUT2D eigenvalue weighted by Crippen LogP contribution is -2.11. The third kappa shape index (κ3) is 1.95. The first kappa shape index (κ1) is 8.57. The quantitative estimate of drug-likeness (QED) is 0.608. The van der Waals surface area contributed by atoms with Gasteiger partial charge in [0, 0.05) is 25.2 Å². The molecule has 1 aliphatic heterocycles. The number of nitrogens with zero attached hydrogens (tertiary/aromatic N) is 2. The summed E-state index contributed by atoms with van der Waals surface area (Å²) in [7, 11) is 0. The van der Waals surface area contributed by atoms with E-state index in [2.05, 4.69) is 30.9 Å². The molecule has 0 aromatic rings. The first-order chi connectivity index (χ1) is 5.27. The van der Waals surface area contributed by atoms with Crippen molar-refractivity contribution in [3.8, 4) is 0 Å². The van der Waals surface area contributed by atoms with Crippen LogP contribution in [0.5, 0.6) is 0 Å². The maximum atomic E-state index is 4.53. The number of rotatable bonds is 3. The van der Waals surface area contributed by atoms with Gasteiger partial charge < -0.3 is 0 Å². The van der Waals surface area contributed by atoms with Crippen molar-refractivity contribution in [1.82, 2.24) is 5.01 Å². The second kappa shape index (κ2) is 3.74. The van der Waals surface area contributed by atoms with Crippen LogP contribution in [-0.4, -0.2) is 23.8 Å². The second-order valence-electron chi connectivity index (χ2n) is 3.20. The van der Waals surface area contributed by atoms with Gasteiger partial charge in [-0.3, -0.25) is 5.01 Å². The fourth-order valence-electron chi connectivity index (χ4n) is 1.33. The van der Waals surface area contributed by atoms with Crippen LogP contribution >= 0.6 is 0 Å². The molecule has 0 radical (unpaired) electrons. The molecule has 1 unspecified atom stereocenters. The summed E-state index contributed by atoms with van der Waals surface area (Å²) in [5.74, 6) is 0.687. The highest BCUT2D eigenvalue weighted by molar-refractivity contribution is 5.87. The lowest BCUT2D eigenvalue weighted by Gasteiger charge is -2.08. The maximum Gasteiger partial charge on any atom is 0.0427 e. The lowest BCUT2D eigenvalue weighted by atomic mass is 10.0. The minimum atomic E-state index is 0.687. The Hall–Kier alpha value is -0.530. The van der Waals surface area contributed by atoms with Gasteiger partial charge in [0.2, 0.25) is 0 Å². The Kier molecular flexibility index (Phi) is 2.92. The van der Waals surface area contributed by atoms with Gasteiger partial charge in [-0.2, -0.15) is 5.10 Å². The van der Waals surface area contributed by atoms with Crippen molar-refractivity contribution in [3.05, 3.63) is 0 Å². The molecule has 1 heterocycles. The zero-order chi connectivity index (χ0) is 8.27. The molecule has 2 nitrogen and oxygen atoms in total. The van der Waals surface area contributed by atoms with Crippen molar-refractivity contribution in [2.24, 2.45) is 11.0 Å².